The molecular weight excluding hydrogens is 617 g/mol. The molecule has 0 bridgehead atoms. The average molecular weight is 672 g/mol. The summed E-state index contributed by atoms with van der Waals surface area (Å²) < 4.78 is 33.8. The van der Waals surface area contributed by atoms with Crippen LogP contribution in [0.3, 0.4) is 0 Å². The summed E-state index contributed by atoms with van der Waals surface area (Å²) >= 11 is 0. The van der Waals surface area contributed by atoms with Gasteiger partial charge in [0.05, 0.1) is 0 Å². The first-order valence-corrected chi connectivity index (χ1v) is 18.4. The topological polar surface area (TPSA) is 120 Å². The van der Waals surface area contributed by atoms with Crippen molar-refractivity contribution in [1.29, 1.82) is 0 Å². The third-order valence-corrected chi connectivity index (χ3v) is 11.6. The molecule has 6 nitrogen and oxygen atoms in total. The van der Waals surface area contributed by atoms with Gasteiger partial charge in [0.15, 0.2) is 0 Å². The molecule has 0 N–H and O–H groups in total. The predicted molar refractivity (Wildman–Crippen MR) is 141 cm³/mol. The molecule has 0 aromatic rings. The molecule has 1 radical (unpaired) electrons. The Balaban J connectivity index is -0.000000196. The maximum Gasteiger partial charge on any atom is 3.00 e. The Bertz CT molecular complexity index is 507. The zero-order valence-corrected chi connectivity index (χ0v) is 29.8. The molecule has 34 heavy (non-hydrogen) atoms. The number of hydrogen-bond acceptors (Lipinski definition) is 6. The molecule has 0 aromatic heterocycles. The van der Waals surface area contributed by atoms with E-state index in [1.807, 2.05) is 83.1 Å². The Morgan fingerprint density at radius 2 is 0.471 bits per heavy atom. The van der Waals surface area contributed by atoms with E-state index in [9.17, 15) is 28.4 Å². The van der Waals surface area contributed by atoms with Gasteiger partial charge in [-0.15, -0.1) is 0 Å². The minimum Gasteiger partial charge on any atom is -0.799 e. The van der Waals surface area contributed by atoms with Crippen LogP contribution in [0.2, 0.25) is 0 Å². The van der Waals surface area contributed by atoms with Gasteiger partial charge in [-0.05, 0) is 72.5 Å². The van der Waals surface area contributed by atoms with Crippen molar-refractivity contribution >= 4 is 22.1 Å². The van der Waals surface area contributed by atoms with E-state index >= 15 is 0 Å². The van der Waals surface area contributed by atoms with Crippen LogP contribution in [-0.2, 0) is 13.7 Å². The second-order valence-corrected chi connectivity index (χ2v) is 19.0. The van der Waals surface area contributed by atoms with E-state index < -0.39 is 22.1 Å². The van der Waals surface area contributed by atoms with Gasteiger partial charge >= 0.3 is 41.7 Å². The molecule has 0 aliphatic carbocycles. The SMILES string of the molecule is CC(C)CP(=O)([O-])CC(C)C.CC(C)CP(=O)([O-])CC(C)C.CC(C)CP(=O)([O-])CC(C)C.[Ce+3]. The standard InChI is InChI=1S/3C8H19O2P.Ce/c3*1-7(2)5-11(9,10)6-8(3)4;/h3*7-8H,5-6H2,1-4H3,(H,9,10);/q;;;+3/p-3. The van der Waals surface area contributed by atoms with Gasteiger partial charge in [-0.2, -0.15) is 0 Å². The quantitative estimate of drug-likeness (QED) is 0.242. The molecule has 0 spiro atoms. The fourth-order valence-electron chi connectivity index (χ4n) is 3.56. The van der Waals surface area contributed by atoms with Crippen LogP contribution >= 0.6 is 22.1 Å². The Labute approximate surface area is 246 Å². The predicted octanol–water partition coefficient (Wildman–Crippen LogP) is 5.81. The Hall–Kier alpha value is 1.95. The first-order valence-electron chi connectivity index (χ1n) is 12.4. The zero-order valence-electron chi connectivity index (χ0n) is 24.0. The van der Waals surface area contributed by atoms with Crippen molar-refractivity contribution < 1.29 is 70.1 Å². The van der Waals surface area contributed by atoms with Crippen LogP contribution in [0.15, 0.2) is 0 Å². The van der Waals surface area contributed by atoms with Gasteiger partial charge in [0.25, 0.3) is 0 Å². The van der Waals surface area contributed by atoms with Gasteiger partial charge < -0.3 is 28.4 Å². The van der Waals surface area contributed by atoms with Gasteiger partial charge in [-0.3, -0.25) is 0 Å². The van der Waals surface area contributed by atoms with E-state index in [0.29, 0.717) is 37.0 Å². The van der Waals surface area contributed by atoms with Crippen molar-refractivity contribution in [3.63, 3.8) is 0 Å². The summed E-state index contributed by atoms with van der Waals surface area (Å²) in [5, 5.41) is 0. The summed E-state index contributed by atoms with van der Waals surface area (Å²) in [7, 11) is -9.16. The molecule has 0 rings (SSSR count). The molecule has 0 fully saturated rings. The molecule has 0 aliphatic heterocycles. The van der Waals surface area contributed by atoms with E-state index in [2.05, 4.69) is 0 Å². The Morgan fingerprint density at radius 1 is 0.382 bits per heavy atom. The third-order valence-electron chi connectivity index (χ3n) is 3.86. The molecule has 0 aromatic carbocycles. The monoisotopic (exact) mass is 671 g/mol. The average Bonchev–Trinajstić information content (AvgIpc) is 2.38. The molecule has 10 heteroatoms. The fourth-order valence-corrected chi connectivity index (χ4v) is 10.7. The van der Waals surface area contributed by atoms with Crippen molar-refractivity contribution in [3.8, 4) is 0 Å². The second-order valence-electron chi connectivity index (χ2n) is 11.9. The van der Waals surface area contributed by atoms with Crippen LogP contribution < -0.4 is 14.7 Å². The first kappa shape index (κ1) is 43.0. The summed E-state index contributed by atoms with van der Waals surface area (Å²) in [4.78, 5) is 33.8. The van der Waals surface area contributed by atoms with Crippen LogP contribution in [0.4, 0.5) is 0 Å². The summed E-state index contributed by atoms with van der Waals surface area (Å²) in [6.07, 6.45) is 2.11. The van der Waals surface area contributed by atoms with Crippen molar-refractivity contribution in [2.45, 2.75) is 83.1 Å². The Morgan fingerprint density at radius 3 is 0.529 bits per heavy atom. The van der Waals surface area contributed by atoms with Crippen LogP contribution in [0.1, 0.15) is 83.1 Å². The van der Waals surface area contributed by atoms with Gasteiger partial charge in [-0.1, -0.05) is 83.1 Å². The van der Waals surface area contributed by atoms with Gasteiger partial charge in [0, 0.05) is 22.1 Å². The molecule has 0 heterocycles. The fraction of sp³-hybridized carbons (Fsp3) is 1.00. The second kappa shape index (κ2) is 20.9. The molecule has 0 unspecified atom stereocenters. The summed E-state index contributed by atoms with van der Waals surface area (Å²) in [5.74, 6) is 1.57. The van der Waals surface area contributed by atoms with Crippen LogP contribution in [0.25, 0.3) is 0 Å². The number of hydrogen-bond donors (Lipinski definition) is 0. The van der Waals surface area contributed by atoms with Crippen LogP contribution in [0, 0.1) is 77.3 Å². The molecule has 0 saturated heterocycles. The maximum atomic E-state index is 11.3. The minimum atomic E-state index is -3.05. The van der Waals surface area contributed by atoms with E-state index in [1.165, 1.54) is 0 Å². The first-order chi connectivity index (χ1) is 14.5. The van der Waals surface area contributed by atoms with E-state index in [-0.39, 0.29) is 77.3 Å². The summed E-state index contributed by atoms with van der Waals surface area (Å²) in [5.41, 5.74) is 0. The molecule has 0 amide bonds. The van der Waals surface area contributed by atoms with Crippen LogP contribution in [-0.4, -0.2) is 37.0 Å². The van der Waals surface area contributed by atoms with E-state index in [1.54, 1.807) is 0 Å². The van der Waals surface area contributed by atoms with Crippen LogP contribution in [0.5, 0.6) is 0 Å². The van der Waals surface area contributed by atoms with Gasteiger partial charge in [-0.25, -0.2) is 0 Å². The number of rotatable bonds is 12. The molecule has 0 atom stereocenters. The maximum absolute atomic E-state index is 11.3. The third kappa shape index (κ3) is 36.1. The van der Waals surface area contributed by atoms with Gasteiger partial charge in [0.2, 0.25) is 0 Å². The van der Waals surface area contributed by atoms with Crippen molar-refractivity contribution in [2.75, 3.05) is 37.0 Å². The molecule has 205 valence electrons. The van der Waals surface area contributed by atoms with E-state index in [4.69, 9.17) is 0 Å². The van der Waals surface area contributed by atoms with Crippen molar-refractivity contribution in [2.24, 2.45) is 35.5 Å². The summed E-state index contributed by atoms with van der Waals surface area (Å²) in [6.45, 7) is 23.2. The smallest absolute Gasteiger partial charge is 0.799 e. The van der Waals surface area contributed by atoms with E-state index in [0.717, 1.165) is 0 Å². The van der Waals surface area contributed by atoms with Crippen molar-refractivity contribution in [3.05, 3.63) is 0 Å². The Kier molecular flexibility index (Phi) is 26.4. The van der Waals surface area contributed by atoms with Crippen molar-refractivity contribution in [1.82, 2.24) is 0 Å². The molecule has 0 aliphatic rings. The normalized spacial score (nSPS) is 12.6. The zero-order chi connectivity index (χ0) is 27.2. The van der Waals surface area contributed by atoms with Gasteiger partial charge in [0.1, 0.15) is 0 Å². The molecule has 0 saturated carbocycles. The largest absolute Gasteiger partial charge is 3.00 e. The minimum absolute atomic E-state index is 0. The molecular formula is C24H54CeO6P3. The summed E-state index contributed by atoms with van der Waals surface area (Å²) in [6, 6.07) is 0.